The van der Waals surface area contributed by atoms with Gasteiger partial charge in [0.15, 0.2) is 12.6 Å². The molecule has 4 aliphatic rings. The maximum absolute atomic E-state index is 15.0. The lowest BCUT2D eigenvalue weighted by Crippen LogP contribution is -2.59. The number of hydrogen-bond acceptors (Lipinski definition) is 19. The minimum atomic E-state index is -1.84. The van der Waals surface area contributed by atoms with Gasteiger partial charge in [0.1, 0.15) is 48.8 Å². The number of nitrogens with zero attached hydrogens (tertiary/aromatic N) is 3. The number of halogens is 1. The lowest BCUT2D eigenvalue weighted by molar-refractivity contribution is -0.308. The normalized spacial score (nSPS) is 38.1. The first-order chi connectivity index (χ1) is 36.3. The van der Waals surface area contributed by atoms with Crippen molar-refractivity contribution in [2.24, 2.45) is 17.6 Å². The Balaban J connectivity index is 1.21. The van der Waals surface area contributed by atoms with Gasteiger partial charge in [-0.25, -0.2) is 4.39 Å². The van der Waals surface area contributed by atoms with Gasteiger partial charge >= 0.3 is 5.97 Å². The fourth-order valence-corrected chi connectivity index (χ4v) is 11.7. The van der Waals surface area contributed by atoms with Crippen molar-refractivity contribution in [2.75, 3.05) is 48.1 Å². The Labute approximate surface area is 456 Å². The molecule has 0 aromatic heterocycles. The highest BCUT2D eigenvalue weighted by Gasteiger charge is 2.51. The van der Waals surface area contributed by atoms with Crippen LogP contribution in [-0.2, 0) is 44.5 Å². The predicted molar refractivity (Wildman–Crippen MR) is 289 cm³/mol. The third-order valence-corrected chi connectivity index (χ3v) is 17.0. The summed E-state index contributed by atoms with van der Waals surface area (Å²) in [5, 5.41) is 61.3. The molecule has 0 unspecified atom stereocenters. The average molecular weight is 1090 g/mol. The summed E-state index contributed by atoms with van der Waals surface area (Å²) in [5.74, 6) is -1.98. The minimum absolute atomic E-state index is 0.0940. The second-order valence-corrected chi connectivity index (χ2v) is 23.1. The van der Waals surface area contributed by atoms with Crippen molar-refractivity contribution >= 4 is 5.97 Å². The Morgan fingerprint density at radius 1 is 0.922 bits per heavy atom. The van der Waals surface area contributed by atoms with Crippen LogP contribution in [0.3, 0.4) is 0 Å². The molecular formula is C57H93FN6O13. The van der Waals surface area contributed by atoms with Crippen LogP contribution in [0.1, 0.15) is 118 Å². The molecular weight excluding hydrogens is 996 g/mol. The zero-order valence-corrected chi connectivity index (χ0v) is 47.8. The number of methoxy groups -OCH3 is 2. The monoisotopic (exact) mass is 1090 g/mol. The Bertz CT molecular complexity index is 2200. The molecule has 20 heteroatoms. The lowest BCUT2D eigenvalue weighted by Gasteiger charge is -2.47. The first-order valence-corrected chi connectivity index (χ1v) is 27.6. The first-order valence-electron chi connectivity index (χ1n) is 27.6. The predicted octanol–water partition coefficient (Wildman–Crippen LogP) is 4.43. The molecule has 19 nitrogen and oxygen atoms in total. The van der Waals surface area contributed by atoms with Crippen LogP contribution >= 0.6 is 0 Å². The molecule has 6 rings (SSSR count). The number of alkyl halides is 1. The maximum Gasteiger partial charge on any atom is 0.311 e. The fourth-order valence-electron chi connectivity index (χ4n) is 11.7. The molecule has 0 amide bonds. The van der Waals surface area contributed by atoms with Crippen LogP contribution in [0, 0.1) is 11.8 Å². The summed E-state index contributed by atoms with van der Waals surface area (Å²) in [4.78, 5) is 18.3. The molecule has 3 fully saturated rings. The number of aliphatic hydroxyl groups is 5. The van der Waals surface area contributed by atoms with E-state index in [-0.39, 0.29) is 37.7 Å². The molecule has 0 aliphatic carbocycles. The number of cyclic esters (lactones) is 1. The van der Waals surface area contributed by atoms with E-state index in [0.717, 1.165) is 28.0 Å². The molecule has 19 atom stereocenters. The van der Waals surface area contributed by atoms with Crippen LogP contribution in [0.4, 0.5) is 4.39 Å². The number of rotatable bonds is 17. The Morgan fingerprint density at radius 2 is 1.57 bits per heavy atom. The molecule has 436 valence electrons. The number of ether oxygens (including phenoxy) is 7. The van der Waals surface area contributed by atoms with Gasteiger partial charge in [-0.1, -0.05) is 62.4 Å². The third-order valence-electron chi connectivity index (χ3n) is 17.0. The Kier molecular flexibility index (Phi) is 21.9. The van der Waals surface area contributed by atoms with E-state index in [1.165, 1.54) is 14.0 Å². The number of hydrogen-bond donors (Lipinski definition) is 8. The number of nitrogens with one attached hydrogen (secondary N) is 2. The van der Waals surface area contributed by atoms with Gasteiger partial charge < -0.3 is 79.6 Å². The van der Waals surface area contributed by atoms with Crippen LogP contribution in [-0.4, -0.2) is 191 Å². The van der Waals surface area contributed by atoms with E-state index in [4.69, 9.17) is 38.9 Å². The van der Waals surface area contributed by atoms with E-state index in [1.54, 1.807) is 53.7 Å². The van der Waals surface area contributed by atoms with Crippen LogP contribution in [0.2, 0.25) is 0 Å². The molecule has 9 N–H and O–H groups in total. The van der Waals surface area contributed by atoms with E-state index in [1.807, 2.05) is 92.5 Å². The van der Waals surface area contributed by atoms with Crippen molar-refractivity contribution < 1.29 is 67.9 Å². The fraction of sp³-hybridized carbons (Fsp3) is 0.737. The molecule has 0 spiro atoms. The van der Waals surface area contributed by atoms with Crippen LogP contribution in [0.15, 0.2) is 60.4 Å². The van der Waals surface area contributed by atoms with E-state index >= 15 is 4.39 Å². The van der Waals surface area contributed by atoms with Gasteiger partial charge in [-0.05, 0) is 110 Å². The highest BCUT2D eigenvalue weighted by molar-refractivity contribution is 5.73. The summed E-state index contributed by atoms with van der Waals surface area (Å²) in [5.41, 5.74) is 12.3. The van der Waals surface area contributed by atoms with Crippen molar-refractivity contribution in [2.45, 2.75) is 210 Å². The number of carbonyl (C=O) groups is 1. The van der Waals surface area contributed by atoms with Gasteiger partial charge in [-0.15, -0.1) is 5.53 Å². The highest BCUT2D eigenvalue weighted by atomic mass is 19.1. The number of esters is 1. The molecule has 77 heavy (non-hydrogen) atoms. The molecule has 0 saturated carbocycles. The number of aliphatic hydroxyl groups excluding tert-OH is 3. The lowest BCUT2D eigenvalue weighted by atomic mass is 9.83. The Hall–Kier alpha value is -3.42. The molecule has 2 aromatic rings. The highest BCUT2D eigenvalue weighted by Crippen LogP contribution is 2.39. The number of carbonyl (C=O) groups excluding carboxylic acids is 1. The van der Waals surface area contributed by atoms with Crippen molar-refractivity contribution in [3.8, 4) is 11.1 Å². The van der Waals surface area contributed by atoms with Gasteiger partial charge in [-0.3, -0.25) is 9.80 Å². The summed E-state index contributed by atoms with van der Waals surface area (Å²) in [6.45, 7) is 16.3. The standard InChI is InChI=1S/C57H93FN6O13/c1-14-46-57(9,70)51(66)36(5)63(11)31-33(2)27-55(7,69)47(26-45(35(4)53(68)76-46)75-48-28-56(8,72-13)52(67)37(6)74-48)77-54-49(65)43(25-34(3)73-54)62(10)24-23-42-32-64(61-60-42)44(29-58)50(71-12)41-21-19-40(20-22-41)39-17-15-38(30-59)16-18-39/h15-22,32-37,43-52,54,60-61,65-67,69-70H,14,23-31,59H2,1-13H3/t33-,34-,35-,36-,37+,43+,44-,45+,46-,47-,48+,49-,50-,51-,52+,54+,55-,56-,57-/m1/s1. The summed E-state index contributed by atoms with van der Waals surface area (Å²) < 4.78 is 58.9. The van der Waals surface area contributed by atoms with E-state index < -0.39 is 115 Å². The topological polar surface area (TPSA) is 243 Å². The average Bonchev–Trinajstić information content (AvgIpc) is 3.88. The number of benzene rings is 2. The van der Waals surface area contributed by atoms with Crippen LogP contribution in [0.5, 0.6) is 0 Å². The molecule has 3 saturated heterocycles. The van der Waals surface area contributed by atoms with Gasteiger partial charge in [-0.2, -0.15) is 0 Å². The van der Waals surface area contributed by atoms with Gasteiger partial charge in [0.05, 0.1) is 41.5 Å². The summed E-state index contributed by atoms with van der Waals surface area (Å²) in [6, 6.07) is 14.2. The van der Waals surface area contributed by atoms with Crippen molar-refractivity contribution in [1.29, 1.82) is 0 Å². The number of hydrazine groups is 2. The zero-order chi connectivity index (χ0) is 56.7. The minimum Gasteiger partial charge on any atom is -0.459 e. The van der Waals surface area contributed by atoms with Gasteiger partial charge in [0, 0.05) is 77.1 Å². The molecule has 2 aromatic carbocycles. The largest absolute Gasteiger partial charge is 0.459 e. The van der Waals surface area contributed by atoms with Crippen molar-refractivity contribution in [1.82, 2.24) is 25.8 Å². The zero-order valence-electron chi connectivity index (χ0n) is 47.8. The quantitative estimate of drug-likeness (QED) is 0.102. The summed E-state index contributed by atoms with van der Waals surface area (Å²) >= 11 is 0. The molecule has 0 bridgehead atoms. The second kappa shape index (κ2) is 26.9. The summed E-state index contributed by atoms with van der Waals surface area (Å²) in [7, 11) is 6.81. The van der Waals surface area contributed by atoms with Crippen molar-refractivity contribution in [3.05, 3.63) is 71.6 Å². The van der Waals surface area contributed by atoms with Gasteiger partial charge in [0.25, 0.3) is 0 Å². The van der Waals surface area contributed by atoms with Gasteiger partial charge in [0.2, 0.25) is 0 Å². The van der Waals surface area contributed by atoms with Crippen molar-refractivity contribution in [3.63, 3.8) is 0 Å². The first kappa shape index (κ1) is 62.8. The molecule has 4 aliphatic heterocycles. The summed E-state index contributed by atoms with van der Waals surface area (Å²) in [6.07, 6.45) is -7.58. The van der Waals surface area contributed by atoms with E-state index in [9.17, 15) is 30.3 Å². The molecule has 0 radical (unpaired) electrons. The molecule has 4 heterocycles. The van der Waals surface area contributed by atoms with Crippen LogP contribution in [0.25, 0.3) is 11.1 Å². The Morgan fingerprint density at radius 3 is 2.17 bits per heavy atom. The van der Waals surface area contributed by atoms with E-state index in [2.05, 4.69) is 11.0 Å². The second-order valence-electron chi connectivity index (χ2n) is 23.1. The van der Waals surface area contributed by atoms with E-state index in [0.29, 0.717) is 32.5 Å². The number of nitrogens with two attached hydrogens (primary N) is 1. The smallest absolute Gasteiger partial charge is 0.311 e. The number of likely N-dealkylation sites (N-methyl/N-ethyl adjacent to an activating group) is 2. The third kappa shape index (κ3) is 14.9. The maximum atomic E-state index is 15.0. The SMILES string of the molecule is CC[C@H]1OC(=O)[C@H](C)[C@@H](O[C@H]2C[C@@](C)(OC)[C@@H](O)[C@H](C)O2)C[C@@H](O[C@@H]2O[C@H](C)C[C@H](N(C)CCC3=CN([C@H](CF)[C@H](OC)c4ccc(-c5ccc(CN)cc5)cc4)NN3)[C@H]2O)[C@](C)(O)C[C@@H](C)CN(C)[C@H](C)[C@@H](O)[C@]1(C)O. The van der Waals surface area contributed by atoms with Crippen LogP contribution < -0.4 is 16.7 Å².